The number of benzene rings is 1. The zero-order valence-electron chi connectivity index (χ0n) is 38.0. The van der Waals surface area contributed by atoms with Gasteiger partial charge in [0.25, 0.3) is 0 Å². The molecule has 24 nitrogen and oxygen atoms in total. The molecule has 1 aliphatic rings. The van der Waals surface area contributed by atoms with Crippen molar-refractivity contribution in [3.05, 3.63) is 29.8 Å². The molecule has 0 spiro atoms. The lowest BCUT2D eigenvalue weighted by molar-refractivity contribution is -0.136. The van der Waals surface area contributed by atoms with Crippen molar-refractivity contribution in [1.29, 1.82) is 0 Å². The number of hydrogen-bond acceptors (Lipinski definition) is 15. The Bertz CT molecular complexity index is 1960. The Morgan fingerprint density at radius 3 is 1.88 bits per heavy atom. The van der Waals surface area contributed by atoms with E-state index in [2.05, 4.69) is 42.5 Å². The Labute approximate surface area is 395 Å². The van der Waals surface area contributed by atoms with Crippen LogP contribution in [0.2, 0.25) is 0 Å². The second-order valence-corrected chi connectivity index (χ2v) is 19.0. The SMILES string of the molecule is CC[C@H](C)[C@@H]1NC(=O)[C@H](Cc2ccc(O)cc2)NC(=O)[C@@H](N)CSSC[C@@H](C(=O)N[C@@H](C)C(=O)N[C@@H](CC(C)C)C(=O)NCC(N)=O)NC(=O)[C@H](CC(N)=O)NC(=O)[C@H](CCC(N)=O)NC1=O. The molecule has 2 rings (SSSR count). The fourth-order valence-corrected chi connectivity index (χ4v) is 8.54. The lowest BCUT2D eigenvalue weighted by atomic mass is 9.96. The first-order chi connectivity index (χ1) is 31.4. The van der Waals surface area contributed by atoms with Crippen LogP contribution in [0.15, 0.2) is 24.3 Å². The first-order valence-corrected chi connectivity index (χ1v) is 23.9. The monoisotopic (exact) mass is 980 g/mol. The minimum absolute atomic E-state index is 0.0513. The molecule has 9 atom stereocenters. The zero-order valence-corrected chi connectivity index (χ0v) is 39.6. The van der Waals surface area contributed by atoms with Crippen LogP contribution in [0.4, 0.5) is 0 Å². The summed E-state index contributed by atoms with van der Waals surface area (Å²) < 4.78 is 0. The maximum Gasteiger partial charge on any atom is 0.244 e. The predicted octanol–water partition coefficient (Wildman–Crippen LogP) is -4.09. The summed E-state index contributed by atoms with van der Waals surface area (Å²) in [6, 6.07) is -5.42. The third kappa shape index (κ3) is 20.5. The quantitative estimate of drug-likeness (QED) is 0.0622. The molecule has 17 N–H and O–H groups in total. The van der Waals surface area contributed by atoms with Gasteiger partial charge in [-0.05, 0) is 49.3 Å². The molecule has 0 aromatic heterocycles. The molecule has 11 amide bonds. The van der Waals surface area contributed by atoms with Crippen LogP contribution >= 0.6 is 21.6 Å². The average Bonchev–Trinajstić information content (AvgIpc) is 3.25. The molecule has 1 aromatic carbocycles. The van der Waals surface area contributed by atoms with Crippen LogP contribution in [0, 0.1) is 11.8 Å². The van der Waals surface area contributed by atoms with Crippen molar-refractivity contribution in [1.82, 2.24) is 42.5 Å². The van der Waals surface area contributed by atoms with Gasteiger partial charge in [-0.25, -0.2) is 0 Å². The Hall–Kier alpha value is -6.15. The Morgan fingerprint density at radius 1 is 0.716 bits per heavy atom. The molecule has 0 unspecified atom stereocenters. The smallest absolute Gasteiger partial charge is 0.244 e. The largest absolute Gasteiger partial charge is 0.508 e. The standard InChI is InChI=1S/C41H64N12O12S2/c1-6-20(4)33-41(65)48-25(11-12-30(43)55)37(61)51-28(15-31(44)56)38(62)52-29(40(64)47-21(5)34(58)49-26(13-19(2)3)36(60)46-16-32(45)57)18-67-66-17-24(42)35(59)50-27(39(63)53-33)14-22-7-9-23(54)10-8-22/h7-10,19-21,24-29,33,54H,6,11-18,42H2,1-5H3,(H2,43,55)(H2,44,56)(H2,45,57)(H,46,60)(H,47,64)(H,48,65)(H,49,58)(H,50,59)(H,51,61)(H,52,62)(H,53,63)/t20-,21-,24-,25-,26-,27-,28-,29-,33-/m0/s1. The van der Waals surface area contributed by atoms with Crippen molar-refractivity contribution in [2.75, 3.05) is 18.1 Å². The minimum Gasteiger partial charge on any atom is -0.508 e. The summed E-state index contributed by atoms with van der Waals surface area (Å²) in [5.74, 6) is -11.0. The van der Waals surface area contributed by atoms with Crippen molar-refractivity contribution >= 4 is 86.6 Å². The molecule has 372 valence electrons. The fraction of sp³-hybridized carbons (Fsp3) is 0.585. The summed E-state index contributed by atoms with van der Waals surface area (Å²) in [4.78, 5) is 145. The number of hydrogen-bond donors (Lipinski definition) is 13. The number of nitrogens with one attached hydrogen (secondary N) is 8. The summed E-state index contributed by atoms with van der Waals surface area (Å²) in [7, 11) is 1.97. The van der Waals surface area contributed by atoms with Crippen LogP contribution in [0.5, 0.6) is 5.75 Å². The first kappa shape index (κ1) is 57.0. The van der Waals surface area contributed by atoms with E-state index in [0.717, 1.165) is 21.6 Å². The number of carbonyl (C=O) groups excluding carboxylic acids is 11. The summed E-state index contributed by atoms with van der Waals surface area (Å²) in [6.45, 7) is 7.76. The van der Waals surface area contributed by atoms with Gasteiger partial charge in [0.2, 0.25) is 65.0 Å². The highest BCUT2D eigenvalue weighted by atomic mass is 33.1. The molecule has 67 heavy (non-hydrogen) atoms. The van der Waals surface area contributed by atoms with Gasteiger partial charge in [-0.2, -0.15) is 0 Å². The van der Waals surface area contributed by atoms with E-state index in [9.17, 15) is 57.8 Å². The van der Waals surface area contributed by atoms with E-state index in [4.69, 9.17) is 22.9 Å². The molecule has 1 saturated heterocycles. The third-order valence-corrected chi connectivity index (χ3v) is 12.7. The van der Waals surface area contributed by atoms with Crippen molar-refractivity contribution in [2.24, 2.45) is 34.8 Å². The van der Waals surface area contributed by atoms with Gasteiger partial charge in [0, 0.05) is 24.3 Å². The second-order valence-electron chi connectivity index (χ2n) is 16.4. The molecule has 1 fully saturated rings. The Kier molecular flexibility index (Phi) is 23.9. The van der Waals surface area contributed by atoms with Gasteiger partial charge >= 0.3 is 0 Å². The van der Waals surface area contributed by atoms with Crippen LogP contribution in [-0.2, 0) is 59.2 Å². The van der Waals surface area contributed by atoms with E-state index in [1.807, 2.05) is 0 Å². The van der Waals surface area contributed by atoms with Crippen molar-refractivity contribution in [3.63, 3.8) is 0 Å². The lowest BCUT2D eigenvalue weighted by Gasteiger charge is -2.29. The summed E-state index contributed by atoms with van der Waals surface area (Å²) in [6.07, 6.45) is -1.28. The summed E-state index contributed by atoms with van der Waals surface area (Å²) in [5, 5.41) is 29.7. The van der Waals surface area contributed by atoms with Crippen molar-refractivity contribution in [2.45, 2.75) is 121 Å². The van der Waals surface area contributed by atoms with Crippen LogP contribution in [0.3, 0.4) is 0 Å². The van der Waals surface area contributed by atoms with Gasteiger partial charge in [0.1, 0.15) is 48.0 Å². The number of rotatable bonds is 18. The summed E-state index contributed by atoms with van der Waals surface area (Å²) >= 11 is 0. The highest BCUT2D eigenvalue weighted by Gasteiger charge is 2.36. The normalized spacial score (nSPS) is 22.8. The van der Waals surface area contributed by atoms with Crippen LogP contribution < -0.4 is 65.5 Å². The molecule has 1 heterocycles. The molecule has 0 aliphatic carbocycles. The number of carbonyl (C=O) groups is 11. The number of primary amides is 3. The highest BCUT2D eigenvalue weighted by molar-refractivity contribution is 8.76. The topological polar surface area (TPSA) is 408 Å². The Morgan fingerprint density at radius 2 is 1.30 bits per heavy atom. The number of phenolic OH excluding ortho intramolecular Hbond substituents is 1. The van der Waals surface area contributed by atoms with Crippen LogP contribution in [0.1, 0.15) is 72.3 Å². The van der Waals surface area contributed by atoms with E-state index in [-0.39, 0.29) is 36.0 Å². The molecule has 1 aromatic rings. The molecular weight excluding hydrogens is 917 g/mol. The zero-order chi connectivity index (χ0) is 50.5. The summed E-state index contributed by atoms with van der Waals surface area (Å²) in [5.41, 5.74) is 22.7. The van der Waals surface area contributed by atoms with Gasteiger partial charge in [-0.1, -0.05) is 67.8 Å². The van der Waals surface area contributed by atoms with E-state index < -0.39 is 145 Å². The van der Waals surface area contributed by atoms with Gasteiger partial charge in [0.05, 0.1) is 19.0 Å². The molecule has 0 bridgehead atoms. The first-order valence-electron chi connectivity index (χ1n) is 21.4. The number of phenols is 1. The second kappa shape index (κ2) is 28.1. The van der Waals surface area contributed by atoms with Gasteiger partial charge in [-0.15, -0.1) is 0 Å². The molecular formula is C41H64N12O12S2. The number of amides is 11. The average molecular weight is 981 g/mol. The molecule has 1 aliphatic heterocycles. The van der Waals surface area contributed by atoms with Crippen molar-refractivity contribution in [3.8, 4) is 5.75 Å². The molecule has 0 saturated carbocycles. The third-order valence-electron chi connectivity index (χ3n) is 10.2. The van der Waals surface area contributed by atoms with E-state index in [1.54, 1.807) is 27.7 Å². The minimum atomic E-state index is -1.77. The van der Waals surface area contributed by atoms with E-state index >= 15 is 0 Å². The van der Waals surface area contributed by atoms with Gasteiger partial charge < -0.3 is 70.6 Å². The molecule has 0 radical (unpaired) electrons. The van der Waals surface area contributed by atoms with E-state index in [0.29, 0.717) is 12.0 Å². The van der Waals surface area contributed by atoms with Crippen LogP contribution in [-0.4, -0.2) is 136 Å². The van der Waals surface area contributed by atoms with Crippen molar-refractivity contribution < 1.29 is 57.8 Å². The molecule has 26 heteroatoms. The maximum absolute atomic E-state index is 14.0. The van der Waals surface area contributed by atoms with Gasteiger partial charge in [-0.3, -0.25) is 52.7 Å². The number of nitrogens with two attached hydrogens (primary N) is 4. The highest BCUT2D eigenvalue weighted by Crippen LogP contribution is 2.23. The maximum atomic E-state index is 14.0. The fourth-order valence-electron chi connectivity index (χ4n) is 6.26. The van der Waals surface area contributed by atoms with Crippen LogP contribution in [0.25, 0.3) is 0 Å². The predicted molar refractivity (Wildman–Crippen MR) is 247 cm³/mol. The van der Waals surface area contributed by atoms with E-state index in [1.165, 1.54) is 31.2 Å². The van der Waals surface area contributed by atoms with Gasteiger partial charge in [0.15, 0.2) is 0 Å². The Balaban J connectivity index is 2.58. The number of aromatic hydroxyl groups is 1. The lowest BCUT2D eigenvalue weighted by Crippen LogP contribution is -2.61.